The molecule has 2 aromatic carbocycles. The van der Waals surface area contributed by atoms with E-state index in [4.69, 9.17) is 0 Å². The zero-order valence-corrected chi connectivity index (χ0v) is 21.0. The molecule has 0 aliphatic carbocycles. The summed E-state index contributed by atoms with van der Waals surface area (Å²) in [6.07, 6.45) is 1.20. The van der Waals surface area contributed by atoms with Gasteiger partial charge in [-0.3, -0.25) is 9.59 Å². The number of rotatable bonds is 11. The summed E-state index contributed by atoms with van der Waals surface area (Å²) in [6.45, 7) is 8.03. The van der Waals surface area contributed by atoms with Gasteiger partial charge >= 0.3 is 0 Å². The fourth-order valence-electron chi connectivity index (χ4n) is 3.43. The average molecular weight is 474 g/mol. The molecule has 1 unspecified atom stereocenters. The van der Waals surface area contributed by atoms with Crippen LogP contribution in [0.3, 0.4) is 0 Å². The number of carbonyl (C=O) groups excluding carboxylic acids is 2. The van der Waals surface area contributed by atoms with Gasteiger partial charge in [-0.1, -0.05) is 61.4 Å². The molecule has 0 aliphatic rings. The van der Waals surface area contributed by atoms with Crippen molar-refractivity contribution in [1.82, 2.24) is 14.5 Å². The molecule has 0 spiro atoms. The van der Waals surface area contributed by atoms with Crippen LogP contribution in [-0.2, 0) is 26.2 Å². The molecular weight excluding hydrogens is 438 g/mol. The monoisotopic (exact) mass is 473 g/mol. The van der Waals surface area contributed by atoms with Crippen LogP contribution in [0, 0.1) is 13.8 Å². The molecule has 0 bridgehead atoms. The number of likely N-dealkylation sites (N-methyl/N-ethyl adjacent to an activating group) is 1. The molecule has 7 nitrogen and oxygen atoms in total. The van der Waals surface area contributed by atoms with Gasteiger partial charge in [-0.25, -0.2) is 8.42 Å². The molecule has 2 aromatic rings. The highest BCUT2D eigenvalue weighted by Crippen LogP contribution is 2.18. The molecule has 2 amide bonds. The molecule has 0 saturated carbocycles. The van der Waals surface area contributed by atoms with Gasteiger partial charge in [-0.2, -0.15) is 4.31 Å². The highest BCUT2D eigenvalue weighted by molar-refractivity contribution is 7.89. The molecular formula is C25H35N3O4S. The third-order valence-electron chi connectivity index (χ3n) is 5.50. The van der Waals surface area contributed by atoms with Crippen molar-refractivity contribution in [3.8, 4) is 0 Å². The van der Waals surface area contributed by atoms with E-state index in [9.17, 15) is 18.0 Å². The Morgan fingerprint density at radius 1 is 0.939 bits per heavy atom. The van der Waals surface area contributed by atoms with E-state index >= 15 is 0 Å². The molecule has 1 atom stereocenters. The van der Waals surface area contributed by atoms with Crippen molar-refractivity contribution in [2.75, 3.05) is 20.1 Å². The van der Waals surface area contributed by atoms with E-state index in [1.165, 1.54) is 24.1 Å². The lowest BCUT2D eigenvalue weighted by molar-refractivity contribution is -0.141. The Morgan fingerprint density at radius 2 is 1.48 bits per heavy atom. The van der Waals surface area contributed by atoms with Crippen molar-refractivity contribution in [2.24, 2.45) is 0 Å². The molecule has 0 fully saturated rings. The Kier molecular flexibility index (Phi) is 9.61. The van der Waals surface area contributed by atoms with Crippen LogP contribution in [-0.4, -0.2) is 55.6 Å². The topological polar surface area (TPSA) is 86.8 Å². The minimum atomic E-state index is -3.84. The van der Waals surface area contributed by atoms with Crippen LogP contribution in [0.5, 0.6) is 0 Å². The number of carbonyl (C=O) groups is 2. The number of benzene rings is 2. The first-order chi connectivity index (χ1) is 15.6. The summed E-state index contributed by atoms with van der Waals surface area (Å²) in [5.74, 6) is -0.656. The predicted molar refractivity (Wildman–Crippen MR) is 130 cm³/mol. The first kappa shape index (κ1) is 26.5. The molecule has 0 radical (unpaired) electrons. The summed E-state index contributed by atoms with van der Waals surface area (Å²) in [5.41, 5.74) is 2.91. The molecule has 0 heterocycles. The van der Waals surface area contributed by atoms with E-state index < -0.39 is 22.0 Å². The zero-order valence-electron chi connectivity index (χ0n) is 20.2. The van der Waals surface area contributed by atoms with Gasteiger partial charge in [0.2, 0.25) is 21.8 Å². The van der Waals surface area contributed by atoms with Gasteiger partial charge in [-0.05, 0) is 44.4 Å². The van der Waals surface area contributed by atoms with Gasteiger partial charge in [0.05, 0.1) is 11.4 Å². The van der Waals surface area contributed by atoms with Gasteiger partial charge in [0.25, 0.3) is 0 Å². The maximum atomic E-state index is 13.4. The third-order valence-corrected chi connectivity index (χ3v) is 7.31. The van der Waals surface area contributed by atoms with Crippen molar-refractivity contribution in [1.29, 1.82) is 0 Å². The summed E-state index contributed by atoms with van der Waals surface area (Å²) >= 11 is 0. The Balaban J connectivity index is 2.29. The zero-order chi connectivity index (χ0) is 24.6. The van der Waals surface area contributed by atoms with Crippen LogP contribution in [0.15, 0.2) is 53.4 Å². The maximum Gasteiger partial charge on any atom is 0.243 e. The fraction of sp³-hybridized carbons (Fsp3) is 0.440. The number of nitrogens with zero attached hydrogens (tertiary/aromatic N) is 2. The lowest BCUT2D eigenvalue weighted by Gasteiger charge is -2.32. The quantitative estimate of drug-likeness (QED) is 0.543. The van der Waals surface area contributed by atoms with Crippen molar-refractivity contribution >= 4 is 21.8 Å². The smallest absolute Gasteiger partial charge is 0.243 e. The second kappa shape index (κ2) is 12.0. The van der Waals surface area contributed by atoms with Crippen LogP contribution in [0.25, 0.3) is 0 Å². The molecule has 1 N–H and O–H groups in total. The Bertz CT molecular complexity index is 1030. The number of aryl methyl sites for hydroxylation is 2. The Morgan fingerprint density at radius 3 is 2.00 bits per heavy atom. The number of amides is 2. The Hall–Kier alpha value is -2.71. The SMILES string of the molecule is CCCNC(=O)C(CC)N(Cc1ccc(C)cc1)C(=O)CN(C)S(=O)(=O)c1ccc(C)cc1. The van der Waals surface area contributed by atoms with Gasteiger partial charge < -0.3 is 10.2 Å². The molecule has 33 heavy (non-hydrogen) atoms. The average Bonchev–Trinajstić information content (AvgIpc) is 2.78. The van der Waals surface area contributed by atoms with Crippen LogP contribution in [0.1, 0.15) is 43.4 Å². The molecule has 0 aliphatic heterocycles. The van der Waals surface area contributed by atoms with E-state index in [1.807, 2.05) is 52.0 Å². The Labute approximate surface area is 197 Å². The highest BCUT2D eigenvalue weighted by Gasteiger charge is 2.31. The minimum Gasteiger partial charge on any atom is -0.354 e. The van der Waals surface area contributed by atoms with E-state index in [0.29, 0.717) is 13.0 Å². The van der Waals surface area contributed by atoms with Crippen LogP contribution in [0.2, 0.25) is 0 Å². The fourth-order valence-corrected chi connectivity index (χ4v) is 4.55. The van der Waals surface area contributed by atoms with Gasteiger partial charge in [0.1, 0.15) is 6.04 Å². The largest absolute Gasteiger partial charge is 0.354 e. The van der Waals surface area contributed by atoms with Crippen molar-refractivity contribution < 1.29 is 18.0 Å². The molecule has 180 valence electrons. The molecule has 8 heteroatoms. The second-order valence-electron chi connectivity index (χ2n) is 8.30. The molecule has 0 aromatic heterocycles. The second-order valence-corrected chi connectivity index (χ2v) is 10.3. The van der Waals surface area contributed by atoms with E-state index in [0.717, 1.165) is 27.4 Å². The van der Waals surface area contributed by atoms with Crippen molar-refractivity contribution in [2.45, 2.75) is 58.0 Å². The molecule has 0 saturated heterocycles. The van der Waals surface area contributed by atoms with E-state index in [2.05, 4.69) is 5.32 Å². The summed E-state index contributed by atoms with van der Waals surface area (Å²) in [5, 5.41) is 2.86. The number of hydrogen-bond donors (Lipinski definition) is 1. The first-order valence-corrected chi connectivity index (χ1v) is 12.7. The normalized spacial score (nSPS) is 12.4. The highest BCUT2D eigenvalue weighted by atomic mass is 32.2. The van der Waals surface area contributed by atoms with Crippen molar-refractivity contribution in [3.05, 3.63) is 65.2 Å². The summed E-state index contributed by atoms with van der Waals surface area (Å²) in [6, 6.07) is 13.5. The summed E-state index contributed by atoms with van der Waals surface area (Å²) in [4.78, 5) is 27.8. The van der Waals surface area contributed by atoms with Gasteiger partial charge in [0.15, 0.2) is 0 Å². The van der Waals surface area contributed by atoms with Gasteiger partial charge in [0, 0.05) is 20.1 Å². The predicted octanol–water partition coefficient (Wildman–Crippen LogP) is 3.26. The summed E-state index contributed by atoms with van der Waals surface area (Å²) in [7, 11) is -2.46. The minimum absolute atomic E-state index is 0.126. The summed E-state index contributed by atoms with van der Waals surface area (Å²) < 4.78 is 27.0. The first-order valence-electron chi connectivity index (χ1n) is 11.3. The lowest BCUT2D eigenvalue weighted by atomic mass is 10.1. The maximum absolute atomic E-state index is 13.4. The lowest BCUT2D eigenvalue weighted by Crippen LogP contribution is -2.51. The van der Waals surface area contributed by atoms with Crippen LogP contribution in [0.4, 0.5) is 0 Å². The number of hydrogen-bond acceptors (Lipinski definition) is 4. The third kappa shape index (κ3) is 7.14. The van der Waals surface area contributed by atoms with Crippen LogP contribution >= 0.6 is 0 Å². The number of nitrogens with one attached hydrogen (secondary N) is 1. The van der Waals surface area contributed by atoms with Gasteiger partial charge in [-0.15, -0.1) is 0 Å². The van der Waals surface area contributed by atoms with Crippen LogP contribution < -0.4 is 5.32 Å². The van der Waals surface area contributed by atoms with Crippen molar-refractivity contribution in [3.63, 3.8) is 0 Å². The molecule has 2 rings (SSSR count). The standard InChI is InChI=1S/C25H35N3O4S/c1-6-16-26-25(30)23(7-2)28(17-21-12-8-19(3)9-13-21)24(29)18-27(5)33(31,32)22-14-10-20(4)11-15-22/h8-15,23H,6-7,16-18H2,1-5H3,(H,26,30). The van der Waals surface area contributed by atoms with E-state index in [-0.39, 0.29) is 23.9 Å². The number of sulfonamides is 1. The van der Waals surface area contributed by atoms with E-state index in [1.54, 1.807) is 12.1 Å².